The molecule has 168 valence electrons. The summed E-state index contributed by atoms with van der Waals surface area (Å²) in [6, 6.07) is 6.55. The topological polar surface area (TPSA) is 67.0 Å². The fourth-order valence-electron chi connectivity index (χ4n) is 4.12. The zero-order valence-corrected chi connectivity index (χ0v) is 19.9. The number of carbonyl (C=O) groups is 1. The predicted molar refractivity (Wildman–Crippen MR) is 126 cm³/mol. The number of H-pyrrole nitrogens is 1. The van der Waals surface area contributed by atoms with Gasteiger partial charge in [-0.15, -0.1) is 0 Å². The minimum Gasteiger partial charge on any atom is -0.383 e. The van der Waals surface area contributed by atoms with Gasteiger partial charge in [-0.25, -0.2) is 4.98 Å². The van der Waals surface area contributed by atoms with E-state index < -0.39 is 0 Å². The second-order valence-corrected chi connectivity index (χ2v) is 10.0. The van der Waals surface area contributed by atoms with Crippen molar-refractivity contribution in [3.8, 4) is 0 Å². The number of nitrogens with one attached hydrogen (secondary N) is 2. The quantitative estimate of drug-likeness (QED) is 0.429. The molecule has 1 heterocycles. The van der Waals surface area contributed by atoms with Gasteiger partial charge in [0.25, 0.3) is 0 Å². The molecule has 0 saturated heterocycles. The summed E-state index contributed by atoms with van der Waals surface area (Å²) in [4.78, 5) is 20.2. The van der Waals surface area contributed by atoms with Crippen LogP contribution in [-0.2, 0) is 16.7 Å². The van der Waals surface area contributed by atoms with Crippen LogP contribution >= 0.6 is 0 Å². The highest BCUT2D eigenvalue weighted by Gasteiger charge is 2.26. The lowest BCUT2D eigenvalue weighted by Crippen LogP contribution is -2.38. The lowest BCUT2D eigenvalue weighted by atomic mass is 9.75. The van der Waals surface area contributed by atoms with Gasteiger partial charge in [0.05, 0.1) is 6.61 Å². The van der Waals surface area contributed by atoms with Crippen LogP contribution in [0.1, 0.15) is 80.0 Å². The summed E-state index contributed by atoms with van der Waals surface area (Å²) in [6.45, 7) is 12.4. The molecule has 2 N–H and O–H groups in total. The van der Waals surface area contributed by atoms with Gasteiger partial charge in [0, 0.05) is 37.5 Å². The molecular formula is C26H37N3O2. The molecule has 1 aliphatic carbocycles. The first-order valence-electron chi connectivity index (χ1n) is 11.2. The second-order valence-electron chi connectivity index (χ2n) is 10.0. The van der Waals surface area contributed by atoms with Crippen molar-refractivity contribution >= 4 is 11.4 Å². The number of methoxy groups -OCH3 is 1. The van der Waals surface area contributed by atoms with E-state index in [1.54, 1.807) is 13.3 Å². The zero-order valence-electron chi connectivity index (χ0n) is 19.9. The number of imidazole rings is 1. The molecule has 31 heavy (non-hydrogen) atoms. The number of allylic oxidation sites excluding steroid dienone is 2. The lowest BCUT2D eigenvalue weighted by Gasteiger charge is -2.31. The molecule has 0 saturated carbocycles. The van der Waals surface area contributed by atoms with Crippen LogP contribution in [0.4, 0.5) is 0 Å². The Morgan fingerprint density at radius 1 is 1.32 bits per heavy atom. The molecule has 0 amide bonds. The Kier molecular flexibility index (Phi) is 7.17. The first kappa shape index (κ1) is 23.4. The van der Waals surface area contributed by atoms with Crippen LogP contribution in [0.3, 0.4) is 0 Å². The summed E-state index contributed by atoms with van der Waals surface area (Å²) in [7, 11) is 1.72. The van der Waals surface area contributed by atoms with Crippen LogP contribution in [0.25, 0.3) is 5.57 Å². The molecule has 0 atom stereocenters. The van der Waals surface area contributed by atoms with Crippen molar-refractivity contribution in [2.45, 2.75) is 65.8 Å². The lowest BCUT2D eigenvalue weighted by molar-refractivity contribution is 0.0983. The minimum absolute atomic E-state index is 0.0244. The second kappa shape index (κ2) is 9.49. The van der Waals surface area contributed by atoms with E-state index in [1.165, 1.54) is 16.7 Å². The maximum absolute atomic E-state index is 12.9. The third kappa shape index (κ3) is 5.92. The summed E-state index contributed by atoms with van der Waals surface area (Å²) in [5.74, 6) is 0.462. The first-order valence-corrected chi connectivity index (χ1v) is 11.2. The van der Waals surface area contributed by atoms with Gasteiger partial charge in [-0.2, -0.15) is 0 Å². The number of aromatic amines is 1. The fourth-order valence-corrected chi connectivity index (χ4v) is 4.12. The van der Waals surface area contributed by atoms with E-state index in [2.05, 4.69) is 67.3 Å². The van der Waals surface area contributed by atoms with Gasteiger partial charge >= 0.3 is 0 Å². The maximum atomic E-state index is 12.9. The van der Waals surface area contributed by atoms with E-state index in [0.717, 1.165) is 37.1 Å². The smallest absolute Gasteiger partial charge is 0.202 e. The number of nitrogens with zero attached hydrogens (tertiary/aromatic N) is 1. The van der Waals surface area contributed by atoms with Crippen LogP contribution in [0.5, 0.6) is 0 Å². The molecule has 0 fully saturated rings. The highest BCUT2D eigenvalue weighted by Crippen LogP contribution is 2.39. The largest absolute Gasteiger partial charge is 0.383 e. The number of carbonyl (C=O) groups excluding carboxylic acids is 1. The Morgan fingerprint density at radius 2 is 2.10 bits per heavy atom. The molecule has 0 spiro atoms. The normalized spacial score (nSPS) is 16.3. The third-order valence-corrected chi connectivity index (χ3v) is 6.34. The van der Waals surface area contributed by atoms with E-state index in [1.807, 2.05) is 6.92 Å². The molecule has 5 heteroatoms. The molecule has 0 radical (unpaired) electrons. The van der Waals surface area contributed by atoms with Crippen molar-refractivity contribution in [1.29, 1.82) is 0 Å². The highest BCUT2D eigenvalue weighted by molar-refractivity contribution is 5.95. The Bertz CT molecular complexity index is 953. The Balaban J connectivity index is 1.94. The molecule has 0 unspecified atom stereocenters. The molecule has 1 aromatic carbocycles. The predicted octanol–water partition coefficient (Wildman–Crippen LogP) is 5.21. The monoisotopic (exact) mass is 423 g/mol. The first-order chi connectivity index (χ1) is 14.6. The van der Waals surface area contributed by atoms with Gasteiger partial charge in [-0.3, -0.25) is 4.79 Å². The van der Waals surface area contributed by atoms with Crippen molar-refractivity contribution in [3.05, 3.63) is 58.7 Å². The summed E-state index contributed by atoms with van der Waals surface area (Å²) in [5, 5.41) is 3.58. The highest BCUT2D eigenvalue weighted by atomic mass is 16.5. The minimum atomic E-state index is -0.192. The summed E-state index contributed by atoms with van der Waals surface area (Å²) in [5.41, 5.74) is 5.89. The third-order valence-electron chi connectivity index (χ3n) is 6.34. The van der Waals surface area contributed by atoms with E-state index in [4.69, 9.17) is 4.74 Å². The number of aromatic nitrogens is 2. The summed E-state index contributed by atoms with van der Waals surface area (Å²) in [6.07, 6.45) is 7.68. The Labute approximate surface area is 186 Å². The van der Waals surface area contributed by atoms with Gasteiger partial charge in [0.15, 0.2) is 5.82 Å². The van der Waals surface area contributed by atoms with Crippen LogP contribution in [-0.4, -0.2) is 36.0 Å². The number of rotatable bonds is 9. The molecular weight excluding hydrogens is 386 g/mol. The van der Waals surface area contributed by atoms with E-state index in [9.17, 15) is 4.79 Å². The van der Waals surface area contributed by atoms with Gasteiger partial charge < -0.3 is 15.0 Å². The Hall–Kier alpha value is -2.24. The van der Waals surface area contributed by atoms with Crippen LogP contribution in [0.15, 0.2) is 30.5 Å². The molecule has 5 nitrogen and oxygen atoms in total. The molecule has 1 aromatic heterocycles. The average Bonchev–Trinajstić information content (AvgIpc) is 3.15. The SMILES string of the molecule is COCCNC(C)(C)c1ccc(CC(=O)c2ncc(C)[nH]2)c(C2=CCC(C)(C)CC2)c1. The zero-order chi connectivity index (χ0) is 22.6. The van der Waals surface area contributed by atoms with Crippen LogP contribution < -0.4 is 5.32 Å². The van der Waals surface area contributed by atoms with Crippen molar-refractivity contribution in [2.75, 3.05) is 20.3 Å². The molecule has 0 aliphatic heterocycles. The molecule has 2 aromatic rings. The van der Waals surface area contributed by atoms with Gasteiger partial charge in [-0.05, 0) is 73.8 Å². The standard InChI is InChI=1S/C26H37N3O2/c1-18-17-27-24(29-18)23(30)15-20-7-8-21(26(4,5)28-13-14-31-6)16-22(20)19-9-11-25(2,3)12-10-19/h7-9,16-17,28H,10-15H2,1-6H3,(H,27,29). The number of hydrogen-bond acceptors (Lipinski definition) is 4. The molecule has 0 bridgehead atoms. The number of hydrogen-bond donors (Lipinski definition) is 2. The van der Waals surface area contributed by atoms with E-state index in [0.29, 0.717) is 24.3 Å². The van der Waals surface area contributed by atoms with Gasteiger partial charge in [-0.1, -0.05) is 32.1 Å². The van der Waals surface area contributed by atoms with Crippen LogP contribution in [0, 0.1) is 12.3 Å². The summed E-state index contributed by atoms with van der Waals surface area (Å²) >= 11 is 0. The fraction of sp³-hybridized carbons (Fsp3) is 0.538. The van der Waals surface area contributed by atoms with Gasteiger partial charge in [0.2, 0.25) is 5.78 Å². The number of benzene rings is 1. The van der Waals surface area contributed by atoms with E-state index >= 15 is 0 Å². The van der Waals surface area contributed by atoms with Crippen molar-refractivity contribution in [2.24, 2.45) is 5.41 Å². The maximum Gasteiger partial charge on any atom is 0.202 e. The number of ether oxygens (including phenoxy) is 1. The van der Waals surface area contributed by atoms with Crippen molar-refractivity contribution < 1.29 is 9.53 Å². The number of ketones is 1. The van der Waals surface area contributed by atoms with Gasteiger partial charge in [0.1, 0.15) is 0 Å². The van der Waals surface area contributed by atoms with E-state index in [-0.39, 0.29) is 11.3 Å². The number of Topliss-reactive ketones (excluding diaryl/α,β-unsaturated/α-hetero) is 1. The average molecular weight is 424 g/mol. The number of aryl methyl sites for hydroxylation is 1. The summed E-state index contributed by atoms with van der Waals surface area (Å²) < 4.78 is 5.20. The Morgan fingerprint density at radius 3 is 2.71 bits per heavy atom. The van der Waals surface area contributed by atoms with Crippen molar-refractivity contribution in [1.82, 2.24) is 15.3 Å². The van der Waals surface area contributed by atoms with Crippen LogP contribution in [0.2, 0.25) is 0 Å². The molecule has 3 rings (SSSR count). The molecule has 1 aliphatic rings. The van der Waals surface area contributed by atoms with Crippen molar-refractivity contribution in [3.63, 3.8) is 0 Å².